The van der Waals surface area contributed by atoms with E-state index in [4.69, 9.17) is 0 Å². The first-order valence-electron chi connectivity index (χ1n) is 8.57. The summed E-state index contributed by atoms with van der Waals surface area (Å²) in [5.41, 5.74) is 3.98. The number of urea groups is 1. The van der Waals surface area contributed by atoms with Gasteiger partial charge in [0, 0.05) is 34.7 Å². The normalized spacial score (nSPS) is 10.5. The van der Waals surface area contributed by atoms with E-state index in [-0.39, 0.29) is 11.9 Å². The maximum Gasteiger partial charge on any atom is 0.318 e. The van der Waals surface area contributed by atoms with Gasteiger partial charge < -0.3 is 20.5 Å². The number of thiophene rings is 1. The van der Waals surface area contributed by atoms with Gasteiger partial charge in [-0.2, -0.15) is 0 Å². The van der Waals surface area contributed by atoms with Gasteiger partial charge in [0.15, 0.2) is 0 Å². The van der Waals surface area contributed by atoms with Crippen molar-refractivity contribution in [3.8, 4) is 0 Å². The van der Waals surface area contributed by atoms with Gasteiger partial charge in [-0.05, 0) is 55.6 Å². The van der Waals surface area contributed by atoms with Crippen LogP contribution in [0.3, 0.4) is 0 Å². The van der Waals surface area contributed by atoms with Gasteiger partial charge in [0.2, 0.25) is 0 Å². The number of aromatic nitrogens is 1. The van der Waals surface area contributed by atoms with Crippen LogP contribution in [0.25, 0.3) is 0 Å². The van der Waals surface area contributed by atoms with Crippen molar-refractivity contribution in [2.24, 2.45) is 0 Å². The predicted octanol–water partition coefficient (Wildman–Crippen LogP) is 4.22. The molecule has 0 unspecified atom stereocenters. The molecule has 3 N–H and O–H groups in total. The molecule has 1 aromatic carbocycles. The molecule has 3 amide bonds. The topological polar surface area (TPSA) is 75.2 Å². The molecule has 0 aliphatic heterocycles. The summed E-state index contributed by atoms with van der Waals surface area (Å²) in [5.74, 6) is -0.146. The lowest BCUT2D eigenvalue weighted by Gasteiger charge is -2.09. The van der Waals surface area contributed by atoms with Gasteiger partial charge in [0.1, 0.15) is 0 Å². The molecule has 0 fully saturated rings. The minimum absolute atomic E-state index is 0.146. The largest absolute Gasteiger partial charge is 0.343 e. The molecule has 3 rings (SSSR count). The van der Waals surface area contributed by atoms with Crippen molar-refractivity contribution in [2.45, 2.75) is 20.4 Å². The number of hydrogen-bond acceptors (Lipinski definition) is 3. The highest BCUT2D eigenvalue weighted by Crippen LogP contribution is 2.21. The molecule has 27 heavy (non-hydrogen) atoms. The monoisotopic (exact) mass is 382 g/mol. The first-order chi connectivity index (χ1) is 13.0. The maximum absolute atomic E-state index is 12.7. The van der Waals surface area contributed by atoms with Crippen molar-refractivity contribution in [2.75, 3.05) is 17.7 Å². The zero-order chi connectivity index (χ0) is 19.4. The van der Waals surface area contributed by atoms with Crippen LogP contribution in [0.15, 0.2) is 47.8 Å². The lowest BCUT2D eigenvalue weighted by Crippen LogP contribution is -2.24. The summed E-state index contributed by atoms with van der Waals surface area (Å²) in [6.45, 7) is 4.74. The number of carbonyl (C=O) groups excluding carboxylic acids is 2. The smallest absolute Gasteiger partial charge is 0.318 e. The van der Waals surface area contributed by atoms with E-state index in [1.165, 1.54) is 4.88 Å². The van der Waals surface area contributed by atoms with Crippen LogP contribution >= 0.6 is 11.3 Å². The van der Waals surface area contributed by atoms with Gasteiger partial charge in [0.25, 0.3) is 5.91 Å². The number of anilines is 2. The van der Waals surface area contributed by atoms with E-state index in [1.54, 1.807) is 42.6 Å². The van der Waals surface area contributed by atoms with Crippen LogP contribution in [-0.2, 0) is 6.54 Å². The molecule has 6 nitrogen and oxygen atoms in total. The van der Waals surface area contributed by atoms with Crippen molar-refractivity contribution in [3.63, 3.8) is 0 Å². The minimum atomic E-state index is -0.287. The van der Waals surface area contributed by atoms with E-state index < -0.39 is 0 Å². The van der Waals surface area contributed by atoms with E-state index in [0.717, 1.165) is 17.9 Å². The Labute approximate surface area is 162 Å². The van der Waals surface area contributed by atoms with Crippen LogP contribution in [0.5, 0.6) is 0 Å². The average Bonchev–Trinajstić information content (AvgIpc) is 3.27. The lowest BCUT2D eigenvalue weighted by atomic mass is 10.2. The van der Waals surface area contributed by atoms with Crippen LogP contribution in [0.1, 0.15) is 26.6 Å². The summed E-state index contributed by atoms with van der Waals surface area (Å²) in [7, 11) is 1.55. The highest BCUT2D eigenvalue weighted by Gasteiger charge is 2.16. The van der Waals surface area contributed by atoms with E-state index in [9.17, 15) is 9.59 Å². The van der Waals surface area contributed by atoms with Gasteiger partial charge in [0.05, 0.1) is 12.1 Å². The van der Waals surface area contributed by atoms with Crippen molar-refractivity contribution in [1.29, 1.82) is 0 Å². The third-order valence-electron chi connectivity index (χ3n) is 4.34. The zero-order valence-corrected chi connectivity index (χ0v) is 16.3. The first-order valence-corrected chi connectivity index (χ1v) is 9.45. The quantitative estimate of drug-likeness (QED) is 0.618. The molecular weight excluding hydrogens is 360 g/mol. The molecular formula is C20H22N4O2S. The molecule has 0 saturated carbocycles. The van der Waals surface area contributed by atoms with E-state index in [0.29, 0.717) is 16.9 Å². The van der Waals surface area contributed by atoms with Crippen molar-refractivity contribution < 1.29 is 9.59 Å². The summed E-state index contributed by atoms with van der Waals surface area (Å²) >= 11 is 1.71. The van der Waals surface area contributed by atoms with Gasteiger partial charge in [-0.25, -0.2) is 4.79 Å². The molecule has 2 heterocycles. The fourth-order valence-electron chi connectivity index (χ4n) is 2.86. The summed E-state index contributed by atoms with van der Waals surface area (Å²) in [4.78, 5) is 25.3. The van der Waals surface area contributed by atoms with Crippen molar-refractivity contribution in [1.82, 2.24) is 9.88 Å². The SMILES string of the molecule is CNC(=O)Nc1ccc(NC(=O)c2cc(C)n(Cc3cccs3)c2C)cc1. The highest BCUT2D eigenvalue weighted by molar-refractivity contribution is 7.09. The summed E-state index contributed by atoms with van der Waals surface area (Å²) in [6, 6.07) is 12.8. The minimum Gasteiger partial charge on any atom is -0.343 e. The number of nitrogens with one attached hydrogen (secondary N) is 3. The second-order valence-corrected chi connectivity index (χ2v) is 7.22. The van der Waals surface area contributed by atoms with Crippen LogP contribution in [0, 0.1) is 13.8 Å². The third-order valence-corrected chi connectivity index (χ3v) is 5.20. The molecule has 140 valence electrons. The van der Waals surface area contributed by atoms with Crippen LogP contribution < -0.4 is 16.0 Å². The summed E-state index contributed by atoms with van der Waals surface area (Å²) in [6.07, 6.45) is 0. The number of carbonyl (C=O) groups is 2. The fraction of sp³-hybridized carbons (Fsp3) is 0.200. The Hall–Kier alpha value is -3.06. The number of amides is 3. The molecule has 0 saturated heterocycles. The van der Waals surface area contributed by atoms with Crippen LogP contribution in [0.2, 0.25) is 0 Å². The molecule has 3 aromatic rings. The number of nitrogens with zero attached hydrogens (tertiary/aromatic N) is 1. The number of hydrogen-bond donors (Lipinski definition) is 3. The standard InChI is InChI=1S/C20H22N4O2S/c1-13-11-18(14(2)24(13)12-17-5-4-10-27-17)19(25)22-15-6-8-16(9-7-15)23-20(26)21-3/h4-11H,12H2,1-3H3,(H,22,25)(H2,21,23,26). The lowest BCUT2D eigenvalue weighted by molar-refractivity contribution is 0.102. The second kappa shape index (κ2) is 8.09. The van der Waals surface area contributed by atoms with Gasteiger partial charge >= 0.3 is 6.03 Å². The molecule has 0 spiro atoms. The molecule has 0 aliphatic rings. The van der Waals surface area contributed by atoms with Crippen molar-refractivity contribution in [3.05, 3.63) is 69.7 Å². The highest BCUT2D eigenvalue weighted by atomic mass is 32.1. The maximum atomic E-state index is 12.7. The number of aryl methyl sites for hydroxylation is 1. The molecule has 0 bridgehead atoms. The first kappa shape index (κ1) is 18.7. The van der Waals surface area contributed by atoms with E-state index in [1.807, 2.05) is 26.0 Å². The Morgan fingerprint density at radius 3 is 2.30 bits per heavy atom. The summed E-state index contributed by atoms with van der Waals surface area (Å²) in [5, 5.41) is 10.1. The second-order valence-electron chi connectivity index (χ2n) is 6.19. The number of benzene rings is 1. The van der Waals surface area contributed by atoms with Gasteiger partial charge in [-0.1, -0.05) is 6.07 Å². The fourth-order valence-corrected chi connectivity index (χ4v) is 3.55. The average molecular weight is 382 g/mol. The Bertz CT molecular complexity index is 943. The molecule has 0 radical (unpaired) electrons. The predicted molar refractivity (Wildman–Crippen MR) is 110 cm³/mol. The molecule has 2 aromatic heterocycles. The van der Waals surface area contributed by atoms with E-state index in [2.05, 4.69) is 32.0 Å². The Kier molecular flexibility index (Phi) is 5.61. The summed E-state index contributed by atoms with van der Waals surface area (Å²) < 4.78 is 2.15. The van der Waals surface area contributed by atoms with Gasteiger partial charge in [-0.3, -0.25) is 4.79 Å². The zero-order valence-electron chi connectivity index (χ0n) is 15.5. The molecule has 7 heteroatoms. The molecule has 0 atom stereocenters. The van der Waals surface area contributed by atoms with Crippen molar-refractivity contribution >= 4 is 34.6 Å². The van der Waals surface area contributed by atoms with Crippen LogP contribution in [-0.4, -0.2) is 23.6 Å². The third kappa shape index (κ3) is 4.38. The van der Waals surface area contributed by atoms with Crippen LogP contribution in [0.4, 0.5) is 16.2 Å². The van der Waals surface area contributed by atoms with E-state index >= 15 is 0 Å². The Balaban J connectivity index is 1.72. The number of rotatable bonds is 5. The van der Waals surface area contributed by atoms with Gasteiger partial charge in [-0.15, -0.1) is 11.3 Å². The molecule has 0 aliphatic carbocycles. The Morgan fingerprint density at radius 2 is 1.70 bits per heavy atom. The Morgan fingerprint density at radius 1 is 1.04 bits per heavy atom.